The van der Waals surface area contributed by atoms with Crippen LogP contribution in [0.2, 0.25) is 0 Å². The monoisotopic (exact) mass is 236 g/mol. The first-order valence-electron chi connectivity index (χ1n) is 4.54. The van der Waals surface area contributed by atoms with Crippen molar-refractivity contribution in [2.24, 2.45) is 5.92 Å². The molecule has 0 spiro atoms. The average Bonchev–Trinajstić information content (AvgIpc) is 2.18. The molecular formula is C8H16O6Si. The quantitative estimate of drug-likeness (QED) is 0.323. The van der Waals surface area contributed by atoms with Gasteiger partial charge in [-0.2, -0.15) is 0 Å². The van der Waals surface area contributed by atoms with E-state index in [0.717, 1.165) is 0 Å². The molecule has 6 nitrogen and oxygen atoms in total. The lowest BCUT2D eigenvalue weighted by molar-refractivity contribution is -0.141. The van der Waals surface area contributed by atoms with Crippen LogP contribution < -0.4 is 0 Å². The van der Waals surface area contributed by atoms with E-state index in [-0.39, 0.29) is 19.4 Å². The number of carbonyl (C=O) groups is 2. The summed E-state index contributed by atoms with van der Waals surface area (Å²) in [4.78, 5) is 20.7. The zero-order valence-corrected chi connectivity index (χ0v) is 10.5. The highest BCUT2D eigenvalue weighted by atomic mass is 28.2. The van der Waals surface area contributed by atoms with Gasteiger partial charge < -0.3 is 24.5 Å². The molecule has 0 aliphatic rings. The molecule has 3 atom stereocenters. The summed E-state index contributed by atoms with van der Waals surface area (Å²) in [6.07, 6.45) is -1.78. The highest BCUT2D eigenvalue weighted by molar-refractivity contribution is 5.98. The third kappa shape index (κ3) is 5.03. The van der Waals surface area contributed by atoms with Gasteiger partial charge in [0.1, 0.15) is 16.8 Å². The molecule has 0 radical (unpaired) electrons. The molecule has 0 aliphatic carbocycles. The summed E-state index contributed by atoms with van der Waals surface area (Å²) in [5.74, 6) is -1.85. The van der Waals surface area contributed by atoms with Gasteiger partial charge in [0, 0.05) is 12.3 Å². The van der Waals surface area contributed by atoms with Crippen LogP contribution in [0.25, 0.3) is 0 Å². The van der Waals surface area contributed by atoms with Crippen molar-refractivity contribution in [2.75, 3.05) is 6.61 Å². The second kappa shape index (κ2) is 7.52. The minimum atomic E-state index is -1.10. The van der Waals surface area contributed by atoms with Gasteiger partial charge in [0.15, 0.2) is 0 Å². The Morgan fingerprint density at radius 1 is 1.53 bits per heavy atom. The first-order chi connectivity index (χ1) is 7.06. The van der Waals surface area contributed by atoms with Gasteiger partial charge >= 0.3 is 5.97 Å². The van der Waals surface area contributed by atoms with E-state index in [1.54, 1.807) is 0 Å². The predicted octanol–water partition coefficient (Wildman–Crippen LogP) is -2.31. The molecule has 0 aromatic rings. The highest BCUT2D eigenvalue weighted by Gasteiger charge is 2.29. The number of carboxylic acids is 1. The van der Waals surface area contributed by atoms with E-state index in [1.807, 2.05) is 0 Å². The molecule has 88 valence electrons. The molecule has 7 heteroatoms. The Labute approximate surface area is 90.4 Å². The van der Waals surface area contributed by atoms with Crippen molar-refractivity contribution in [3.63, 3.8) is 0 Å². The fraction of sp³-hybridized carbons (Fsp3) is 0.750. The van der Waals surface area contributed by atoms with Crippen LogP contribution in [-0.4, -0.2) is 56.9 Å². The zero-order chi connectivity index (χ0) is 11.8. The Bertz CT molecular complexity index is 205. The SMILES string of the molecule is O=CCC(O)C(CC(=O)O)C(CO)O[SiH3]. The van der Waals surface area contributed by atoms with Crippen molar-refractivity contribution in [2.45, 2.75) is 25.0 Å². The van der Waals surface area contributed by atoms with Crippen molar-refractivity contribution in [1.29, 1.82) is 0 Å². The number of aldehydes is 1. The number of rotatable bonds is 8. The molecule has 0 amide bonds. The van der Waals surface area contributed by atoms with Gasteiger partial charge in [-0.3, -0.25) is 4.79 Å². The fourth-order valence-corrected chi connectivity index (χ4v) is 1.87. The third-order valence-corrected chi connectivity index (χ3v) is 2.81. The molecule has 0 bridgehead atoms. The maximum Gasteiger partial charge on any atom is 0.303 e. The Hall–Kier alpha value is -0.763. The van der Waals surface area contributed by atoms with Crippen LogP contribution in [0.5, 0.6) is 0 Å². The second-order valence-corrected chi connectivity index (χ2v) is 3.66. The molecule has 0 aromatic carbocycles. The Kier molecular flexibility index (Phi) is 7.14. The van der Waals surface area contributed by atoms with E-state index >= 15 is 0 Å². The van der Waals surface area contributed by atoms with Crippen molar-refractivity contribution in [3.05, 3.63) is 0 Å². The van der Waals surface area contributed by atoms with Crippen LogP contribution in [0.4, 0.5) is 0 Å². The zero-order valence-electron chi connectivity index (χ0n) is 8.50. The van der Waals surface area contributed by atoms with Gasteiger partial charge in [-0.25, -0.2) is 0 Å². The lowest BCUT2D eigenvalue weighted by Gasteiger charge is -2.27. The van der Waals surface area contributed by atoms with Crippen molar-refractivity contribution in [1.82, 2.24) is 0 Å². The van der Waals surface area contributed by atoms with Crippen LogP contribution in [0, 0.1) is 5.92 Å². The van der Waals surface area contributed by atoms with Crippen LogP contribution in [0.3, 0.4) is 0 Å². The van der Waals surface area contributed by atoms with Crippen LogP contribution in [0.1, 0.15) is 12.8 Å². The van der Waals surface area contributed by atoms with Gasteiger partial charge in [-0.15, -0.1) is 0 Å². The van der Waals surface area contributed by atoms with Gasteiger partial charge in [0.25, 0.3) is 0 Å². The second-order valence-electron chi connectivity index (χ2n) is 3.19. The molecule has 15 heavy (non-hydrogen) atoms. The smallest absolute Gasteiger partial charge is 0.303 e. The fourth-order valence-electron chi connectivity index (χ4n) is 1.37. The number of carboxylic acid groups (broad SMARTS) is 1. The van der Waals surface area contributed by atoms with Crippen LogP contribution in [-0.2, 0) is 14.0 Å². The summed E-state index contributed by atoms with van der Waals surface area (Å²) in [5.41, 5.74) is 0. The van der Waals surface area contributed by atoms with Crippen molar-refractivity contribution >= 4 is 22.7 Å². The molecule has 0 fully saturated rings. The minimum Gasteiger partial charge on any atom is -0.481 e. The summed E-state index contributed by atoms with van der Waals surface area (Å²) in [6.45, 7) is -0.364. The normalized spacial score (nSPS) is 16.9. The van der Waals surface area contributed by atoms with Crippen molar-refractivity contribution in [3.8, 4) is 0 Å². The van der Waals surface area contributed by atoms with Crippen molar-refractivity contribution < 1.29 is 29.3 Å². The first-order valence-corrected chi connectivity index (χ1v) is 5.35. The Morgan fingerprint density at radius 2 is 2.13 bits per heavy atom. The Morgan fingerprint density at radius 3 is 2.47 bits per heavy atom. The molecular weight excluding hydrogens is 220 g/mol. The number of hydrogen-bond acceptors (Lipinski definition) is 5. The van der Waals surface area contributed by atoms with Gasteiger partial charge in [-0.05, 0) is 0 Å². The topological polar surface area (TPSA) is 104 Å². The largest absolute Gasteiger partial charge is 0.481 e. The predicted molar refractivity (Wildman–Crippen MR) is 54.3 cm³/mol. The van der Waals surface area contributed by atoms with E-state index in [4.69, 9.17) is 14.6 Å². The van der Waals surface area contributed by atoms with Gasteiger partial charge in [-0.1, -0.05) is 0 Å². The molecule has 0 rings (SSSR count). The summed E-state index contributed by atoms with van der Waals surface area (Å²) in [7, 11) is 0.328. The van der Waals surface area contributed by atoms with E-state index in [9.17, 15) is 14.7 Å². The maximum atomic E-state index is 10.5. The summed E-state index contributed by atoms with van der Waals surface area (Å²) >= 11 is 0. The molecule has 3 unspecified atom stereocenters. The number of aliphatic carboxylic acids is 1. The summed E-state index contributed by atoms with van der Waals surface area (Å²) in [5, 5.41) is 27.1. The summed E-state index contributed by atoms with van der Waals surface area (Å²) in [6, 6.07) is 0. The Balaban J connectivity index is 4.52. The number of aliphatic hydroxyl groups is 2. The number of aliphatic hydroxyl groups excluding tert-OH is 2. The van der Waals surface area contributed by atoms with Gasteiger partial charge in [0.05, 0.1) is 25.2 Å². The maximum absolute atomic E-state index is 10.5. The number of carbonyl (C=O) groups excluding carboxylic acids is 1. The van der Waals surface area contributed by atoms with E-state index < -0.39 is 24.1 Å². The van der Waals surface area contributed by atoms with Crippen LogP contribution in [0.15, 0.2) is 0 Å². The van der Waals surface area contributed by atoms with Gasteiger partial charge in [0.2, 0.25) is 0 Å². The minimum absolute atomic E-state index is 0.153. The molecule has 0 aliphatic heterocycles. The molecule has 0 saturated heterocycles. The highest BCUT2D eigenvalue weighted by Crippen LogP contribution is 2.18. The standard InChI is InChI=1S/C8H16O6Si/c9-2-1-6(11)5(3-8(12)13)7(4-10)14-15/h2,5-7,10-11H,1,3-4H2,15H3,(H,12,13). The molecule has 0 heterocycles. The van der Waals surface area contributed by atoms with E-state index in [1.165, 1.54) is 0 Å². The van der Waals surface area contributed by atoms with E-state index in [2.05, 4.69) is 0 Å². The summed E-state index contributed by atoms with van der Waals surface area (Å²) < 4.78 is 4.98. The third-order valence-electron chi connectivity index (χ3n) is 2.20. The van der Waals surface area contributed by atoms with E-state index in [0.29, 0.717) is 16.8 Å². The molecule has 3 N–H and O–H groups in total. The lowest BCUT2D eigenvalue weighted by atomic mass is 9.91. The average molecular weight is 236 g/mol. The lowest BCUT2D eigenvalue weighted by Crippen LogP contribution is -2.37. The molecule has 0 saturated carbocycles. The number of hydrogen-bond donors (Lipinski definition) is 3. The molecule has 0 aromatic heterocycles. The first kappa shape index (κ1) is 14.2. The van der Waals surface area contributed by atoms with Crippen LogP contribution >= 0.6 is 0 Å².